The molecule has 2 aromatic heterocycles. The Hall–Kier alpha value is -3.29. The van der Waals surface area contributed by atoms with Gasteiger partial charge in [0, 0.05) is 23.0 Å². The predicted molar refractivity (Wildman–Crippen MR) is 110 cm³/mol. The number of hydrogen-bond donors (Lipinski definition) is 0. The third-order valence-corrected chi connectivity index (χ3v) is 5.63. The van der Waals surface area contributed by atoms with Crippen molar-refractivity contribution in [1.29, 1.82) is 0 Å². The van der Waals surface area contributed by atoms with E-state index in [9.17, 15) is 9.59 Å². The molecule has 2 heterocycles. The van der Waals surface area contributed by atoms with Crippen LogP contribution < -0.4 is 0 Å². The number of aromatic nitrogens is 5. The van der Waals surface area contributed by atoms with Crippen LogP contribution in [0.25, 0.3) is 11.4 Å². The van der Waals surface area contributed by atoms with Gasteiger partial charge >= 0.3 is 5.97 Å². The Balaban J connectivity index is 1.62. The summed E-state index contributed by atoms with van der Waals surface area (Å²) in [7, 11) is 1.33. The number of aryl methyl sites for hydroxylation is 1. The summed E-state index contributed by atoms with van der Waals surface area (Å²) in [6, 6.07) is 8.28. The van der Waals surface area contributed by atoms with Crippen molar-refractivity contribution in [1.82, 2.24) is 24.8 Å². The van der Waals surface area contributed by atoms with Gasteiger partial charge in [-0.1, -0.05) is 31.2 Å². The average molecular weight is 407 g/mol. The number of ether oxygens (including phenoxy) is 1. The van der Waals surface area contributed by atoms with E-state index in [0.29, 0.717) is 23.0 Å². The van der Waals surface area contributed by atoms with Crippen LogP contribution in [0.5, 0.6) is 0 Å². The van der Waals surface area contributed by atoms with E-state index in [2.05, 4.69) is 26.9 Å². The van der Waals surface area contributed by atoms with Crippen molar-refractivity contribution in [3.05, 3.63) is 52.3 Å². The van der Waals surface area contributed by atoms with Gasteiger partial charge < -0.3 is 9.30 Å². The Morgan fingerprint density at radius 1 is 1.10 bits per heavy atom. The van der Waals surface area contributed by atoms with Crippen LogP contribution in [0.4, 0.5) is 0 Å². The Kier molecular flexibility index (Phi) is 5.24. The fourth-order valence-corrected chi connectivity index (χ4v) is 3.95. The van der Waals surface area contributed by atoms with Gasteiger partial charge in [0.2, 0.25) is 5.82 Å². The number of carbonyl (C=O) groups excluding carboxylic acids is 2. The SMILES string of the molecule is CCc1ccc(-c2nnn(CC(=O)c3c(C(=O)OC)c(C)n(C4CC4)c3C)n2)cc1. The lowest BCUT2D eigenvalue weighted by molar-refractivity contribution is 0.0595. The fraction of sp³-hybridized carbons (Fsp3) is 0.409. The molecule has 0 bridgehead atoms. The molecule has 0 unspecified atom stereocenters. The molecular formula is C22H25N5O3. The molecule has 0 atom stereocenters. The quantitative estimate of drug-likeness (QED) is 0.441. The van der Waals surface area contributed by atoms with Gasteiger partial charge in [-0.25, -0.2) is 4.79 Å². The lowest BCUT2D eigenvalue weighted by Gasteiger charge is -2.07. The molecule has 0 saturated heterocycles. The van der Waals surface area contributed by atoms with Crippen LogP contribution in [-0.4, -0.2) is 43.6 Å². The van der Waals surface area contributed by atoms with E-state index >= 15 is 0 Å². The molecule has 1 saturated carbocycles. The number of benzene rings is 1. The molecule has 0 spiro atoms. The van der Waals surface area contributed by atoms with Crippen LogP contribution in [-0.2, 0) is 17.7 Å². The first-order valence-corrected chi connectivity index (χ1v) is 10.1. The summed E-state index contributed by atoms with van der Waals surface area (Å²) in [5, 5.41) is 12.5. The Morgan fingerprint density at radius 2 is 1.77 bits per heavy atom. The molecule has 0 amide bonds. The highest BCUT2D eigenvalue weighted by atomic mass is 16.5. The molecule has 0 radical (unpaired) electrons. The highest BCUT2D eigenvalue weighted by Gasteiger charge is 2.34. The predicted octanol–water partition coefficient (Wildman–Crippen LogP) is 3.33. The maximum Gasteiger partial charge on any atom is 0.340 e. The minimum atomic E-state index is -0.499. The summed E-state index contributed by atoms with van der Waals surface area (Å²) >= 11 is 0. The molecule has 3 aromatic rings. The summed E-state index contributed by atoms with van der Waals surface area (Å²) < 4.78 is 7.03. The molecule has 156 valence electrons. The van der Waals surface area contributed by atoms with Crippen molar-refractivity contribution < 1.29 is 14.3 Å². The van der Waals surface area contributed by atoms with Gasteiger partial charge in [0.25, 0.3) is 0 Å². The standard InChI is InChI=1S/C22H25N5O3/c1-5-15-6-8-16(9-7-15)21-23-25-26(24-21)12-18(28)19-13(2)27(17-10-11-17)14(3)20(19)22(29)30-4/h6-9,17H,5,10-12H2,1-4H3. The molecule has 4 rings (SSSR count). The number of carbonyl (C=O) groups is 2. The molecule has 8 nitrogen and oxygen atoms in total. The van der Waals surface area contributed by atoms with Crippen LogP contribution in [0.2, 0.25) is 0 Å². The number of Topliss-reactive ketones (excluding diaryl/α,β-unsaturated/α-hetero) is 1. The second-order valence-corrected chi connectivity index (χ2v) is 7.63. The Bertz CT molecular complexity index is 1110. The lowest BCUT2D eigenvalue weighted by Crippen LogP contribution is -2.17. The highest BCUT2D eigenvalue weighted by molar-refractivity contribution is 6.08. The molecule has 30 heavy (non-hydrogen) atoms. The number of esters is 1. The number of ketones is 1. The second-order valence-electron chi connectivity index (χ2n) is 7.63. The topological polar surface area (TPSA) is 91.9 Å². The van der Waals surface area contributed by atoms with Crippen molar-refractivity contribution in [2.75, 3.05) is 7.11 Å². The fourth-order valence-electron chi connectivity index (χ4n) is 3.95. The van der Waals surface area contributed by atoms with Gasteiger partial charge in [-0.05, 0) is 43.9 Å². The number of hydrogen-bond acceptors (Lipinski definition) is 6. The van der Waals surface area contributed by atoms with Crippen molar-refractivity contribution in [2.45, 2.75) is 52.6 Å². The van der Waals surface area contributed by atoms with Gasteiger partial charge in [-0.15, -0.1) is 10.2 Å². The van der Waals surface area contributed by atoms with Gasteiger partial charge in [-0.2, -0.15) is 4.80 Å². The monoisotopic (exact) mass is 407 g/mol. The normalized spacial score (nSPS) is 13.5. The molecule has 1 aliphatic carbocycles. The van der Waals surface area contributed by atoms with Crippen LogP contribution >= 0.6 is 0 Å². The van der Waals surface area contributed by atoms with Crippen molar-refractivity contribution in [3.8, 4) is 11.4 Å². The summed E-state index contributed by atoms with van der Waals surface area (Å²) in [5.74, 6) is -0.274. The zero-order valence-corrected chi connectivity index (χ0v) is 17.7. The minimum absolute atomic E-state index is 0.0982. The summed E-state index contributed by atoms with van der Waals surface area (Å²) in [5.41, 5.74) is 4.35. The number of methoxy groups -OCH3 is 1. The van der Waals surface area contributed by atoms with Crippen molar-refractivity contribution in [2.24, 2.45) is 0 Å². The van der Waals surface area contributed by atoms with Crippen LogP contribution in [0, 0.1) is 13.8 Å². The second kappa shape index (κ2) is 7.85. The van der Waals surface area contributed by atoms with E-state index in [0.717, 1.165) is 36.2 Å². The third-order valence-electron chi connectivity index (χ3n) is 5.63. The largest absolute Gasteiger partial charge is 0.465 e. The molecular weight excluding hydrogens is 382 g/mol. The Labute approximate surface area is 174 Å². The van der Waals surface area contributed by atoms with Gasteiger partial charge in [-0.3, -0.25) is 4.79 Å². The zero-order chi connectivity index (χ0) is 21.4. The van der Waals surface area contributed by atoms with Gasteiger partial charge in [0.15, 0.2) is 5.78 Å². The molecule has 8 heteroatoms. The average Bonchev–Trinajstić information content (AvgIpc) is 3.41. The van der Waals surface area contributed by atoms with E-state index in [4.69, 9.17) is 4.74 Å². The van der Waals surface area contributed by atoms with Crippen molar-refractivity contribution in [3.63, 3.8) is 0 Å². The lowest BCUT2D eigenvalue weighted by atomic mass is 10.0. The maximum atomic E-state index is 13.2. The molecule has 1 aromatic carbocycles. The Morgan fingerprint density at radius 3 is 2.37 bits per heavy atom. The van der Waals surface area contributed by atoms with Gasteiger partial charge in [0.05, 0.1) is 18.2 Å². The van der Waals surface area contributed by atoms with E-state index in [1.54, 1.807) is 0 Å². The smallest absolute Gasteiger partial charge is 0.340 e. The van der Waals surface area contributed by atoms with E-state index in [1.807, 2.05) is 38.1 Å². The molecule has 0 N–H and O–H groups in total. The van der Waals surface area contributed by atoms with Gasteiger partial charge in [0.1, 0.15) is 6.54 Å². The number of rotatable bonds is 7. The number of nitrogens with zero attached hydrogens (tertiary/aromatic N) is 5. The summed E-state index contributed by atoms with van der Waals surface area (Å²) in [6.45, 7) is 5.73. The van der Waals surface area contributed by atoms with Crippen LogP contribution in [0.15, 0.2) is 24.3 Å². The van der Waals surface area contributed by atoms with E-state index < -0.39 is 5.97 Å². The molecule has 1 fully saturated rings. The van der Waals surface area contributed by atoms with Crippen LogP contribution in [0.3, 0.4) is 0 Å². The summed E-state index contributed by atoms with van der Waals surface area (Å²) in [4.78, 5) is 26.9. The highest BCUT2D eigenvalue weighted by Crippen LogP contribution is 2.40. The van der Waals surface area contributed by atoms with Crippen molar-refractivity contribution >= 4 is 11.8 Å². The first-order valence-electron chi connectivity index (χ1n) is 10.1. The molecule has 0 aliphatic heterocycles. The summed E-state index contributed by atoms with van der Waals surface area (Å²) in [6.07, 6.45) is 3.06. The third kappa shape index (κ3) is 3.53. The number of tetrazole rings is 1. The van der Waals surface area contributed by atoms with E-state index in [1.165, 1.54) is 17.5 Å². The minimum Gasteiger partial charge on any atom is -0.465 e. The van der Waals surface area contributed by atoms with Crippen LogP contribution in [0.1, 0.15) is 63.5 Å². The first kappa shape index (κ1) is 20.0. The first-order chi connectivity index (χ1) is 14.4. The zero-order valence-electron chi connectivity index (χ0n) is 17.7. The van der Waals surface area contributed by atoms with E-state index in [-0.39, 0.29) is 12.3 Å². The maximum absolute atomic E-state index is 13.2. The molecule has 1 aliphatic rings.